The van der Waals surface area contributed by atoms with Crippen LogP contribution >= 0.6 is 0 Å². The van der Waals surface area contributed by atoms with Gasteiger partial charge in [-0.05, 0) is 55.2 Å². The number of amides is 2. The molecule has 0 saturated carbocycles. The molecule has 0 radical (unpaired) electrons. The van der Waals surface area contributed by atoms with Crippen molar-refractivity contribution in [2.24, 2.45) is 0 Å². The van der Waals surface area contributed by atoms with E-state index in [2.05, 4.69) is 27.6 Å². The van der Waals surface area contributed by atoms with E-state index in [0.29, 0.717) is 43.2 Å². The van der Waals surface area contributed by atoms with Crippen LogP contribution in [0, 0.1) is 6.92 Å². The summed E-state index contributed by atoms with van der Waals surface area (Å²) in [6.07, 6.45) is 1.94. The molecule has 2 aromatic carbocycles. The number of carbonyl (C=O) groups is 2. The Hall–Kier alpha value is -3.48. The van der Waals surface area contributed by atoms with E-state index in [9.17, 15) is 9.59 Å². The number of hydrogen-bond acceptors (Lipinski definition) is 5. The maximum absolute atomic E-state index is 12.5. The molecule has 1 aliphatic heterocycles. The topological polar surface area (TPSA) is 88.3 Å². The van der Waals surface area contributed by atoms with Crippen molar-refractivity contribution in [1.29, 1.82) is 0 Å². The highest BCUT2D eigenvalue weighted by molar-refractivity contribution is 5.94. The first-order chi connectivity index (χ1) is 14.6. The Bertz CT molecular complexity index is 1040. The predicted octanol–water partition coefficient (Wildman–Crippen LogP) is 3.14. The maximum atomic E-state index is 12.5. The monoisotopic (exact) mass is 404 g/mol. The first-order valence-electron chi connectivity index (χ1n) is 10.1. The second-order valence-corrected chi connectivity index (χ2v) is 7.42. The van der Waals surface area contributed by atoms with Gasteiger partial charge in [-0.1, -0.05) is 29.4 Å². The summed E-state index contributed by atoms with van der Waals surface area (Å²) < 4.78 is 5.12. The molecule has 0 saturated heterocycles. The summed E-state index contributed by atoms with van der Waals surface area (Å²) in [5.41, 5.74) is 3.87. The molecule has 1 N–H and O–H groups in total. The van der Waals surface area contributed by atoms with Crippen molar-refractivity contribution in [3.05, 3.63) is 71.0 Å². The lowest BCUT2D eigenvalue weighted by molar-refractivity contribution is -0.132. The Morgan fingerprint density at radius 2 is 1.87 bits per heavy atom. The summed E-state index contributed by atoms with van der Waals surface area (Å²) >= 11 is 0. The van der Waals surface area contributed by atoms with Crippen LogP contribution in [0.25, 0.3) is 11.5 Å². The summed E-state index contributed by atoms with van der Waals surface area (Å²) in [7, 11) is 0. The molecule has 30 heavy (non-hydrogen) atoms. The Balaban J connectivity index is 1.22. The maximum Gasteiger partial charge on any atom is 0.257 e. The minimum Gasteiger partial charge on any atom is -0.352 e. The molecule has 1 aromatic heterocycles. The summed E-state index contributed by atoms with van der Waals surface area (Å²) in [5, 5.41) is 6.64. The number of carbonyl (C=O) groups excluding carboxylic acids is 2. The van der Waals surface area contributed by atoms with E-state index in [1.54, 1.807) is 31.2 Å². The third-order valence-corrected chi connectivity index (χ3v) is 5.26. The van der Waals surface area contributed by atoms with Gasteiger partial charge in [-0.15, -0.1) is 0 Å². The van der Waals surface area contributed by atoms with Crippen LogP contribution in [-0.2, 0) is 17.8 Å². The number of aromatic nitrogens is 2. The van der Waals surface area contributed by atoms with Crippen molar-refractivity contribution in [3.8, 4) is 11.5 Å². The number of rotatable bonds is 6. The highest BCUT2D eigenvalue weighted by Gasteiger charge is 2.19. The van der Waals surface area contributed by atoms with E-state index in [0.717, 1.165) is 18.5 Å². The molecule has 0 unspecified atom stereocenters. The highest BCUT2D eigenvalue weighted by atomic mass is 16.5. The average molecular weight is 404 g/mol. The molecule has 154 valence electrons. The summed E-state index contributed by atoms with van der Waals surface area (Å²) in [6, 6.07) is 15.3. The first-order valence-corrected chi connectivity index (χ1v) is 10.1. The zero-order valence-electron chi connectivity index (χ0n) is 16.9. The summed E-state index contributed by atoms with van der Waals surface area (Å²) in [4.78, 5) is 30.9. The molecule has 0 bridgehead atoms. The van der Waals surface area contributed by atoms with Crippen LogP contribution in [-0.4, -0.2) is 39.9 Å². The van der Waals surface area contributed by atoms with Crippen molar-refractivity contribution < 1.29 is 14.1 Å². The Labute approximate surface area is 175 Å². The van der Waals surface area contributed by atoms with Gasteiger partial charge in [0.25, 0.3) is 11.8 Å². The second-order valence-electron chi connectivity index (χ2n) is 7.42. The minimum absolute atomic E-state index is 0.137. The molecule has 3 aromatic rings. The lowest BCUT2D eigenvalue weighted by atomic mass is 9.99. The molecular weight excluding hydrogens is 380 g/mol. The fraction of sp³-hybridized carbons (Fsp3) is 0.304. The standard InChI is InChI=1S/C23H24N4O3/c1-16-25-23(30-26-16)19-10-8-18(9-11-19)22(29)24-13-4-7-21(28)27-14-12-17-5-2-3-6-20(17)15-27/h2-3,5-6,8-11H,4,7,12-15H2,1H3,(H,24,29). The van der Waals surface area contributed by atoms with Crippen LogP contribution in [0.1, 0.15) is 40.2 Å². The number of nitrogens with zero attached hydrogens (tertiary/aromatic N) is 3. The van der Waals surface area contributed by atoms with Crippen LogP contribution in [0.3, 0.4) is 0 Å². The average Bonchev–Trinajstić information content (AvgIpc) is 3.22. The van der Waals surface area contributed by atoms with Gasteiger partial charge in [0.15, 0.2) is 5.82 Å². The zero-order valence-corrected chi connectivity index (χ0v) is 16.9. The Morgan fingerprint density at radius 1 is 1.10 bits per heavy atom. The van der Waals surface area contributed by atoms with Crippen molar-refractivity contribution in [2.75, 3.05) is 13.1 Å². The van der Waals surface area contributed by atoms with E-state index >= 15 is 0 Å². The summed E-state index contributed by atoms with van der Waals surface area (Å²) in [6.45, 7) is 3.64. The normalized spacial score (nSPS) is 13.0. The summed E-state index contributed by atoms with van der Waals surface area (Å²) in [5.74, 6) is 0.967. The highest BCUT2D eigenvalue weighted by Crippen LogP contribution is 2.19. The van der Waals surface area contributed by atoms with Gasteiger partial charge in [0.05, 0.1) is 0 Å². The van der Waals surface area contributed by atoms with Gasteiger partial charge in [-0.3, -0.25) is 9.59 Å². The van der Waals surface area contributed by atoms with Gasteiger partial charge in [0.1, 0.15) is 0 Å². The molecule has 2 amide bonds. The van der Waals surface area contributed by atoms with E-state index < -0.39 is 0 Å². The zero-order chi connectivity index (χ0) is 20.9. The minimum atomic E-state index is -0.164. The molecule has 7 heteroatoms. The molecule has 4 rings (SSSR count). The first kappa shape index (κ1) is 19.8. The Morgan fingerprint density at radius 3 is 2.60 bits per heavy atom. The number of nitrogens with one attached hydrogen (secondary N) is 1. The van der Waals surface area contributed by atoms with E-state index in [1.165, 1.54) is 11.1 Å². The largest absolute Gasteiger partial charge is 0.352 e. The van der Waals surface area contributed by atoms with Crippen LogP contribution in [0.15, 0.2) is 53.1 Å². The lowest BCUT2D eigenvalue weighted by Crippen LogP contribution is -2.36. The number of benzene rings is 2. The molecule has 1 aliphatic rings. The third kappa shape index (κ3) is 4.56. The van der Waals surface area contributed by atoms with Crippen molar-refractivity contribution >= 4 is 11.8 Å². The lowest BCUT2D eigenvalue weighted by Gasteiger charge is -2.29. The van der Waals surface area contributed by atoms with Gasteiger partial charge < -0.3 is 14.7 Å². The molecule has 0 aliphatic carbocycles. The molecule has 0 fully saturated rings. The number of hydrogen-bond donors (Lipinski definition) is 1. The van der Waals surface area contributed by atoms with Crippen LogP contribution in [0.4, 0.5) is 0 Å². The van der Waals surface area contributed by atoms with Crippen molar-refractivity contribution in [3.63, 3.8) is 0 Å². The third-order valence-electron chi connectivity index (χ3n) is 5.26. The quantitative estimate of drug-likeness (QED) is 0.638. The van der Waals surface area contributed by atoms with E-state index in [4.69, 9.17) is 4.52 Å². The Kier molecular flexibility index (Phi) is 5.88. The van der Waals surface area contributed by atoms with Crippen molar-refractivity contribution in [1.82, 2.24) is 20.4 Å². The van der Waals surface area contributed by atoms with E-state index in [1.807, 2.05) is 17.0 Å². The smallest absolute Gasteiger partial charge is 0.257 e. The van der Waals surface area contributed by atoms with Crippen molar-refractivity contribution in [2.45, 2.75) is 32.7 Å². The fourth-order valence-corrected chi connectivity index (χ4v) is 3.59. The fourth-order valence-electron chi connectivity index (χ4n) is 3.59. The molecule has 2 heterocycles. The molecule has 7 nitrogen and oxygen atoms in total. The second kappa shape index (κ2) is 8.90. The molecule has 0 atom stereocenters. The van der Waals surface area contributed by atoms with Gasteiger partial charge in [-0.2, -0.15) is 4.98 Å². The number of fused-ring (bicyclic) bond motifs is 1. The van der Waals surface area contributed by atoms with Gasteiger partial charge >= 0.3 is 0 Å². The van der Waals surface area contributed by atoms with Gasteiger partial charge in [-0.25, -0.2) is 0 Å². The van der Waals surface area contributed by atoms with Crippen LogP contribution in [0.5, 0.6) is 0 Å². The number of aryl methyl sites for hydroxylation is 1. The van der Waals surface area contributed by atoms with Crippen LogP contribution < -0.4 is 5.32 Å². The van der Waals surface area contributed by atoms with E-state index in [-0.39, 0.29) is 11.8 Å². The van der Waals surface area contributed by atoms with Gasteiger partial charge in [0, 0.05) is 37.2 Å². The molecular formula is C23H24N4O3. The predicted molar refractivity (Wildman–Crippen MR) is 112 cm³/mol. The SMILES string of the molecule is Cc1noc(-c2ccc(C(=O)NCCCC(=O)N3CCc4ccccc4C3)cc2)n1. The molecule has 0 spiro atoms. The van der Waals surface area contributed by atoms with Crippen LogP contribution in [0.2, 0.25) is 0 Å². The van der Waals surface area contributed by atoms with Gasteiger partial charge in [0.2, 0.25) is 5.91 Å².